The molecule has 0 unspecified atom stereocenters. The minimum atomic E-state index is -0.0500. The Balaban J connectivity index is 2.08. The molecule has 1 aromatic heterocycles. The molecule has 0 radical (unpaired) electrons. The van der Waals surface area contributed by atoms with Crippen LogP contribution in [0.2, 0.25) is 0 Å². The molecule has 0 aliphatic heterocycles. The molecule has 19 heavy (non-hydrogen) atoms. The van der Waals surface area contributed by atoms with Crippen LogP contribution < -0.4 is 4.74 Å². The van der Waals surface area contributed by atoms with Crippen molar-refractivity contribution in [1.29, 1.82) is 5.26 Å². The first kappa shape index (κ1) is 13.5. The van der Waals surface area contributed by atoms with Gasteiger partial charge in [0.25, 0.3) is 0 Å². The van der Waals surface area contributed by atoms with E-state index in [9.17, 15) is 0 Å². The second-order valence-corrected chi connectivity index (χ2v) is 4.72. The molecule has 2 rings (SSSR count). The number of ether oxygens (including phenoxy) is 1. The topological polar surface area (TPSA) is 66.1 Å². The lowest BCUT2D eigenvalue weighted by atomic mass is 10.2. The van der Waals surface area contributed by atoms with Gasteiger partial charge in [-0.15, -0.1) is 0 Å². The molecule has 1 heterocycles. The Hall–Kier alpha value is -1.90. The first-order chi connectivity index (χ1) is 9.22. The van der Waals surface area contributed by atoms with Crippen LogP contribution in [0.25, 0.3) is 0 Å². The van der Waals surface area contributed by atoms with Crippen molar-refractivity contribution in [3.05, 3.63) is 57.8 Å². The highest BCUT2D eigenvalue weighted by Crippen LogP contribution is 2.23. The third kappa shape index (κ3) is 3.53. The Morgan fingerprint density at radius 1 is 1.32 bits per heavy atom. The Morgan fingerprint density at radius 2 is 2.16 bits per heavy atom. The van der Waals surface area contributed by atoms with Crippen molar-refractivity contribution in [2.75, 3.05) is 0 Å². The van der Waals surface area contributed by atoms with Gasteiger partial charge in [0.1, 0.15) is 24.1 Å². The lowest BCUT2D eigenvalue weighted by Gasteiger charge is -2.08. The standard InChI is InChI=1S/C14H11BrN2O2/c15-14-2-1-13(6-11(14)8-18)19-9-10-3-4-17-12(5-10)7-16/h1-6,18H,8-9H2. The summed E-state index contributed by atoms with van der Waals surface area (Å²) in [5, 5.41) is 17.9. The summed E-state index contributed by atoms with van der Waals surface area (Å²) < 4.78 is 6.47. The zero-order valence-electron chi connectivity index (χ0n) is 10.0. The van der Waals surface area contributed by atoms with E-state index >= 15 is 0 Å². The third-order valence-corrected chi connectivity index (χ3v) is 3.31. The van der Waals surface area contributed by atoms with Crippen molar-refractivity contribution < 1.29 is 9.84 Å². The fraction of sp³-hybridized carbons (Fsp3) is 0.143. The molecule has 0 spiro atoms. The van der Waals surface area contributed by atoms with E-state index in [1.807, 2.05) is 18.2 Å². The summed E-state index contributed by atoms with van der Waals surface area (Å²) in [4.78, 5) is 3.90. The fourth-order valence-electron chi connectivity index (χ4n) is 1.55. The number of pyridine rings is 1. The van der Waals surface area contributed by atoms with Gasteiger partial charge < -0.3 is 9.84 Å². The van der Waals surface area contributed by atoms with Crippen molar-refractivity contribution in [1.82, 2.24) is 4.98 Å². The largest absolute Gasteiger partial charge is 0.489 e. The van der Waals surface area contributed by atoms with Crippen LogP contribution in [0.4, 0.5) is 0 Å². The summed E-state index contributed by atoms with van der Waals surface area (Å²) in [6, 6.07) is 10.9. The van der Waals surface area contributed by atoms with E-state index in [4.69, 9.17) is 15.1 Å². The average Bonchev–Trinajstić information content (AvgIpc) is 2.46. The average molecular weight is 319 g/mol. The highest BCUT2D eigenvalue weighted by atomic mass is 79.9. The molecule has 0 fully saturated rings. The monoisotopic (exact) mass is 318 g/mol. The molecule has 0 aliphatic rings. The van der Waals surface area contributed by atoms with Crippen LogP contribution in [-0.4, -0.2) is 10.1 Å². The van der Waals surface area contributed by atoms with E-state index in [0.29, 0.717) is 18.1 Å². The molecular formula is C14H11BrN2O2. The third-order valence-electron chi connectivity index (χ3n) is 2.53. The maximum absolute atomic E-state index is 9.17. The van der Waals surface area contributed by atoms with Crippen LogP contribution in [0.5, 0.6) is 5.75 Å². The number of nitriles is 1. The van der Waals surface area contributed by atoms with Crippen molar-refractivity contribution in [3.8, 4) is 11.8 Å². The number of aliphatic hydroxyl groups excluding tert-OH is 1. The number of hydrogen-bond acceptors (Lipinski definition) is 4. The SMILES string of the molecule is N#Cc1cc(COc2ccc(Br)c(CO)c2)ccn1. The lowest BCUT2D eigenvalue weighted by Crippen LogP contribution is -1.97. The summed E-state index contributed by atoms with van der Waals surface area (Å²) >= 11 is 3.35. The van der Waals surface area contributed by atoms with Crippen molar-refractivity contribution >= 4 is 15.9 Å². The van der Waals surface area contributed by atoms with Crippen LogP contribution in [0.1, 0.15) is 16.8 Å². The van der Waals surface area contributed by atoms with E-state index in [0.717, 1.165) is 15.6 Å². The second kappa shape index (κ2) is 6.32. The van der Waals surface area contributed by atoms with Crippen molar-refractivity contribution in [2.24, 2.45) is 0 Å². The highest BCUT2D eigenvalue weighted by molar-refractivity contribution is 9.10. The number of benzene rings is 1. The molecule has 0 saturated heterocycles. The van der Waals surface area contributed by atoms with Gasteiger partial charge in [-0.05, 0) is 41.5 Å². The number of nitrogens with zero attached hydrogens (tertiary/aromatic N) is 2. The van der Waals surface area contributed by atoms with Crippen molar-refractivity contribution in [3.63, 3.8) is 0 Å². The summed E-state index contributed by atoms with van der Waals surface area (Å²) in [6.45, 7) is 0.301. The van der Waals surface area contributed by atoms with Crippen molar-refractivity contribution in [2.45, 2.75) is 13.2 Å². The molecule has 2 aromatic rings. The van der Waals surface area contributed by atoms with Crippen LogP contribution >= 0.6 is 15.9 Å². The molecule has 0 bridgehead atoms. The smallest absolute Gasteiger partial charge is 0.140 e. The van der Waals surface area contributed by atoms with Gasteiger partial charge in [-0.3, -0.25) is 0 Å². The van der Waals surface area contributed by atoms with E-state index in [-0.39, 0.29) is 6.61 Å². The Kier molecular flexibility index (Phi) is 4.50. The van der Waals surface area contributed by atoms with E-state index in [1.165, 1.54) is 0 Å². The second-order valence-electron chi connectivity index (χ2n) is 3.86. The molecular weight excluding hydrogens is 308 g/mol. The molecule has 1 N–H and O–H groups in total. The van der Waals surface area contributed by atoms with E-state index < -0.39 is 0 Å². The normalized spacial score (nSPS) is 9.95. The first-order valence-electron chi connectivity index (χ1n) is 5.60. The molecule has 0 amide bonds. The van der Waals surface area contributed by atoms with Gasteiger partial charge in [0.2, 0.25) is 0 Å². The van der Waals surface area contributed by atoms with Gasteiger partial charge in [0.05, 0.1) is 6.61 Å². The van der Waals surface area contributed by atoms with Gasteiger partial charge in [0, 0.05) is 10.7 Å². The lowest BCUT2D eigenvalue weighted by molar-refractivity contribution is 0.277. The molecule has 0 saturated carbocycles. The molecule has 5 heteroatoms. The maximum atomic E-state index is 9.17. The summed E-state index contributed by atoms with van der Waals surface area (Å²) in [5.41, 5.74) is 2.01. The number of hydrogen-bond donors (Lipinski definition) is 1. The zero-order chi connectivity index (χ0) is 13.7. The minimum absolute atomic E-state index is 0.0500. The Labute approximate surface area is 119 Å². The van der Waals surface area contributed by atoms with E-state index in [1.54, 1.807) is 24.4 Å². The fourth-order valence-corrected chi connectivity index (χ4v) is 1.93. The first-order valence-corrected chi connectivity index (χ1v) is 6.39. The van der Waals surface area contributed by atoms with Crippen LogP contribution in [-0.2, 0) is 13.2 Å². The van der Waals surface area contributed by atoms with Gasteiger partial charge in [-0.25, -0.2) is 4.98 Å². The zero-order valence-corrected chi connectivity index (χ0v) is 11.6. The van der Waals surface area contributed by atoms with Crippen LogP contribution in [0.15, 0.2) is 41.0 Å². The Bertz CT molecular complexity index is 623. The molecule has 0 atom stereocenters. The predicted octanol–water partition coefficient (Wildman–Crippen LogP) is 2.79. The quantitative estimate of drug-likeness (QED) is 0.941. The summed E-state index contributed by atoms with van der Waals surface area (Å²) in [5.74, 6) is 0.669. The molecule has 4 nitrogen and oxygen atoms in total. The highest BCUT2D eigenvalue weighted by Gasteiger charge is 2.02. The summed E-state index contributed by atoms with van der Waals surface area (Å²) in [6.07, 6.45) is 1.58. The van der Waals surface area contributed by atoms with Gasteiger partial charge in [0.15, 0.2) is 0 Å². The predicted molar refractivity (Wildman–Crippen MR) is 73.3 cm³/mol. The number of rotatable bonds is 4. The number of aliphatic hydroxyl groups is 1. The molecule has 96 valence electrons. The van der Waals surface area contributed by atoms with Crippen LogP contribution in [0.3, 0.4) is 0 Å². The summed E-state index contributed by atoms with van der Waals surface area (Å²) in [7, 11) is 0. The number of aromatic nitrogens is 1. The maximum Gasteiger partial charge on any atom is 0.140 e. The minimum Gasteiger partial charge on any atom is -0.489 e. The van der Waals surface area contributed by atoms with Crippen LogP contribution in [0, 0.1) is 11.3 Å². The van der Waals surface area contributed by atoms with E-state index in [2.05, 4.69) is 20.9 Å². The Morgan fingerprint density at radius 3 is 2.89 bits per heavy atom. The van der Waals surface area contributed by atoms with Gasteiger partial charge >= 0.3 is 0 Å². The molecule has 1 aromatic carbocycles. The number of halogens is 1. The molecule has 0 aliphatic carbocycles. The van der Waals surface area contributed by atoms with Gasteiger partial charge in [-0.1, -0.05) is 15.9 Å². The van der Waals surface area contributed by atoms with Gasteiger partial charge in [-0.2, -0.15) is 5.26 Å².